The molecule has 0 radical (unpaired) electrons. The van der Waals surface area contributed by atoms with Crippen LogP contribution in [-0.4, -0.2) is 21.8 Å². The van der Waals surface area contributed by atoms with Crippen LogP contribution in [0.2, 0.25) is 0 Å². The number of carboxylic acid groups (broad SMARTS) is 1. The lowest BCUT2D eigenvalue weighted by molar-refractivity contribution is 0.0697. The summed E-state index contributed by atoms with van der Waals surface area (Å²) in [5, 5.41) is 13.6. The molecule has 0 saturated heterocycles. The molecule has 6 heteroatoms. The average Bonchev–Trinajstić information content (AvgIpc) is 2.97. The van der Waals surface area contributed by atoms with E-state index in [-0.39, 0.29) is 0 Å². The van der Waals surface area contributed by atoms with Gasteiger partial charge in [0.25, 0.3) is 0 Å². The van der Waals surface area contributed by atoms with E-state index in [2.05, 4.69) is 11.9 Å². The first-order valence-corrected chi connectivity index (χ1v) is 8.46. The maximum absolute atomic E-state index is 10.8. The maximum Gasteiger partial charge on any atom is 0.336 e. The molecular weight excluding hydrogens is 286 g/mol. The number of rotatable bonds is 6. The Kier molecular flexibility index (Phi) is 4.79. The summed E-state index contributed by atoms with van der Waals surface area (Å²) >= 11 is 4.95. The lowest BCUT2D eigenvalue weighted by atomic mass is 10.3. The number of thioether (sulfide) groups is 1. The van der Waals surface area contributed by atoms with Gasteiger partial charge in [-0.1, -0.05) is 6.92 Å². The second-order valence-electron chi connectivity index (χ2n) is 3.68. The van der Waals surface area contributed by atoms with E-state index < -0.39 is 5.97 Å². The summed E-state index contributed by atoms with van der Waals surface area (Å²) in [4.78, 5) is 16.3. The minimum absolute atomic E-state index is 0.338. The van der Waals surface area contributed by atoms with E-state index in [1.807, 2.05) is 17.1 Å². The largest absolute Gasteiger partial charge is 0.478 e. The normalized spacial score (nSPS) is 10.7. The van der Waals surface area contributed by atoms with Gasteiger partial charge in [-0.15, -0.1) is 22.7 Å². The summed E-state index contributed by atoms with van der Waals surface area (Å²) in [6.07, 6.45) is 1.18. The third-order valence-electron chi connectivity index (χ3n) is 2.22. The molecule has 0 amide bonds. The Bertz CT molecular complexity index is 533. The van der Waals surface area contributed by atoms with E-state index >= 15 is 0 Å². The van der Waals surface area contributed by atoms with Crippen LogP contribution in [0, 0.1) is 0 Å². The van der Waals surface area contributed by atoms with Crippen molar-refractivity contribution in [1.82, 2.24) is 4.98 Å². The Morgan fingerprint density at radius 1 is 1.44 bits per heavy atom. The summed E-state index contributed by atoms with van der Waals surface area (Å²) in [5.74, 6) is 1.21. The molecule has 2 rings (SSSR count). The van der Waals surface area contributed by atoms with Crippen molar-refractivity contribution >= 4 is 40.4 Å². The molecular formula is C12H13NO2S3. The summed E-state index contributed by atoms with van der Waals surface area (Å²) in [5.41, 5.74) is 1.23. The number of aromatic carboxylic acids is 1. The van der Waals surface area contributed by atoms with Gasteiger partial charge in [-0.2, -0.15) is 11.8 Å². The first-order chi connectivity index (χ1) is 8.70. The second kappa shape index (κ2) is 6.36. The number of carbonyl (C=O) groups is 1. The van der Waals surface area contributed by atoms with Gasteiger partial charge in [0.15, 0.2) is 0 Å². The highest BCUT2D eigenvalue weighted by Crippen LogP contribution is 2.29. The minimum Gasteiger partial charge on any atom is -0.478 e. The Balaban J connectivity index is 2.06. The van der Waals surface area contributed by atoms with Gasteiger partial charge in [-0.05, 0) is 18.2 Å². The van der Waals surface area contributed by atoms with Crippen molar-refractivity contribution < 1.29 is 9.90 Å². The molecule has 0 aliphatic heterocycles. The van der Waals surface area contributed by atoms with E-state index in [0.717, 1.165) is 27.1 Å². The molecule has 0 aromatic carbocycles. The molecule has 3 nitrogen and oxygen atoms in total. The fourth-order valence-corrected chi connectivity index (χ4v) is 4.07. The van der Waals surface area contributed by atoms with Crippen molar-refractivity contribution in [1.29, 1.82) is 0 Å². The van der Waals surface area contributed by atoms with Gasteiger partial charge in [-0.3, -0.25) is 0 Å². The van der Waals surface area contributed by atoms with Crippen molar-refractivity contribution in [2.45, 2.75) is 19.1 Å². The second-order valence-corrected chi connectivity index (χ2v) is 6.64. The topological polar surface area (TPSA) is 50.2 Å². The number of nitrogens with zero attached hydrogens (tertiary/aromatic N) is 1. The molecule has 0 atom stereocenters. The smallest absolute Gasteiger partial charge is 0.336 e. The van der Waals surface area contributed by atoms with Gasteiger partial charge in [0, 0.05) is 16.5 Å². The van der Waals surface area contributed by atoms with Crippen LogP contribution in [0.1, 0.15) is 28.7 Å². The molecule has 0 aliphatic carbocycles. The average molecular weight is 299 g/mol. The van der Waals surface area contributed by atoms with Gasteiger partial charge in [-0.25, -0.2) is 9.78 Å². The van der Waals surface area contributed by atoms with Crippen molar-refractivity contribution in [3.05, 3.63) is 27.4 Å². The number of thiophene rings is 1. The molecule has 0 fully saturated rings. The zero-order valence-corrected chi connectivity index (χ0v) is 12.3. The predicted molar refractivity (Wildman–Crippen MR) is 78.8 cm³/mol. The number of carboxylic acids is 1. The fourth-order valence-electron chi connectivity index (χ4n) is 1.38. The standard InChI is InChI=1S/C12H13NO2S3/c1-2-3-16-7-11-13-9(6-18-11)10-4-8(5-17-10)12(14)15/h4-6H,2-3,7H2,1H3,(H,14,15). The molecule has 0 aliphatic rings. The summed E-state index contributed by atoms with van der Waals surface area (Å²) in [6, 6.07) is 1.69. The van der Waals surface area contributed by atoms with Gasteiger partial charge in [0.05, 0.1) is 16.1 Å². The summed E-state index contributed by atoms with van der Waals surface area (Å²) in [7, 11) is 0. The Hall–Kier alpha value is -0.850. The Labute approximate surface area is 118 Å². The fraction of sp³-hybridized carbons (Fsp3) is 0.333. The highest BCUT2D eigenvalue weighted by Gasteiger charge is 2.10. The molecule has 18 heavy (non-hydrogen) atoms. The Morgan fingerprint density at radius 2 is 2.28 bits per heavy atom. The van der Waals surface area contributed by atoms with Crippen LogP contribution in [0.5, 0.6) is 0 Å². The molecule has 96 valence electrons. The first-order valence-electron chi connectivity index (χ1n) is 5.55. The monoisotopic (exact) mass is 299 g/mol. The van der Waals surface area contributed by atoms with Crippen LogP contribution < -0.4 is 0 Å². The molecule has 0 spiro atoms. The van der Waals surface area contributed by atoms with Crippen molar-refractivity contribution in [3.63, 3.8) is 0 Å². The Morgan fingerprint density at radius 3 is 2.94 bits per heavy atom. The van der Waals surface area contributed by atoms with Gasteiger partial charge in [0.2, 0.25) is 0 Å². The molecule has 0 saturated carbocycles. The molecule has 0 unspecified atom stereocenters. The third-order valence-corrected chi connectivity index (χ3v) is 5.38. The van der Waals surface area contributed by atoms with Crippen molar-refractivity contribution in [3.8, 4) is 10.6 Å². The number of hydrogen-bond acceptors (Lipinski definition) is 5. The van der Waals surface area contributed by atoms with Gasteiger partial charge < -0.3 is 5.11 Å². The highest BCUT2D eigenvalue weighted by atomic mass is 32.2. The van der Waals surface area contributed by atoms with E-state index in [1.54, 1.807) is 22.8 Å². The predicted octanol–water partition coefficient (Wildman–Crippen LogP) is 4.21. The van der Waals surface area contributed by atoms with Crippen LogP contribution in [0.3, 0.4) is 0 Å². The van der Waals surface area contributed by atoms with Crippen LogP contribution in [0.4, 0.5) is 0 Å². The van der Waals surface area contributed by atoms with Crippen molar-refractivity contribution in [2.24, 2.45) is 0 Å². The quantitative estimate of drug-likeness (QED) is 0.812. The van der Waals surface area contributed by atoms with Crippen LogP contribution in [0.25, 0.3) is 10.6 Å². The molecule has 2 aromatic heterocycles. The molecule has 1 N–H and O–H groups in total. The van der Waals surface area contributed by atoms with E-state index in [1.165, 1.54) is 17.8 Å². The maximum atomic E-state index is 10.8. The number of hydrogen-bond donors (Lipinski definition) is 1. The third kappa shape index (κ3) is 3.34. The molecule has 0 bridgehead atoms. The van der Waals surface area contributed by atoms with Gasteiger partial charge >= 0.3 is 5.97 Å². The highest BCUT2D eigenvalue weighted by molar-refractivity contribution is 7.98. The zero-order chi connectivity index (χ0) is 13.0. The van der Waals surface area contributed by atoms with Gasteiger partial charge in [0.1, 0.15) is 5.01 Å². The SMILES string of the molecule is CCCSCc1nc(-c2cc(C(=O)O)cs2)cs1. The number of thiazole rings is 1. The lowest BCUT2D eigenvalue weighted by Gasteiger charge is -1.94. The van der Waals surface area contributed by atoms with E-state index in [0.29, 0.717) is 5.56 Å². The lowest BCUT2D eigenvalue weighted by Crippen LogP contribution is -1.91. The summed E-state index contributed by atoms with van der Waals surface area (Å²) < 4.78 is 0. The zero-order valence-electron chi connectivity index (χ0n) is 9.88. The van der Waals surface area contributed by atoms with Crippen LogP contribution in [0.15, 0.2) is 16.8 Å². The van der Waals surface area contributed by atoms with Crippen LogP contribution in [-0.2, 0) is 5.75 Å². The minimum atomic E-state index is -0.883. The van der Waals surface area contributed by atoms with Crippen LogP contribution >= 0.6 is 34.4 Å². The first kappa shape index (κ1) is 13.6. The van der Waals surface area contributed by atoms with E-state index in [9.17, 15) is 4.79 Å². The molecule has 2 aromatic rings. The van der Waals surface area contributed by atoms with E-state index in [4.69, 9.17) is 5.11 Å². The molecule has 2 heterocycles. The number of aromatic nitrogens is 1. The summed E-state index contributed by atoms with van der Waals surface area (Å²) in [6.45, 7) is 2.17. The van der Waals surface area contributed by atoms with Crippen molar-refractivity contribution in [2.75, 3.05) is 5.75 Å².